The van der Waals surface area contributed by atoms with E-state index in [4.69, 9.17) is 11.6 Å². The third kappa shape index (κ3) is 3.24. The van der Waals surface area contributed by atoms with Gasteiger partial charge in [-0.25, -0.2) is 0 Å². The topological polar surface area (TPSA) is 26.7 Å². The Bertz CT molecular complexity index is 738. The van der Waals surface area contributed by atoms with Crippen molar-refractivity contribution in [2.45, 2.75) is 25.8 Å². The number of aryl methyl sites for hydroxylation is 2. The van der Waals surface area contributed by atoms with Gasteiger partial charge in [0.05, 0.1) is 0 Å². The van der Waals surface area contributed by atoms with Crippen LogP contribution in [0.4, 0.5) is 5.69 Å². The largest absolute Gasteiger partial charge is 0.508 e. The standard InChI is InChI=1S/C20H23ClN2O/c21-18-5-2-6-19(13-18)23-9-7-22(8-10-23)14-17-11-15-3-1-4-16(15)12-20(17)24/h2,5-6,11-13,24H,1,3-4,7-10,14H2. The molecule has 0 aromatic heterocycles. The molecule has 1 aliphatic heterocycles. The summed E-state index contributed by atoms with van der Waals surface area (Å²) in [5.41, 5.74) is 5.04. The Morgan fingerprint density at radius 1 is 0.958 bits per heavy atom. The number of halogens is 1. The van der Waals surface area contributed by atoms with E-state index in [0.717, 1.165) is 56.2 Å². The number of hydrogen-bond acceptors (Lipinski definition) is 3. The van der Waals surface area contributed by atoms with Gasteiger partial charge in [-0.1, -0.05) is 23.7 Å². The summed E-state index contributed by atoms with van der Waals surface area (Å²) in [5.74, 6) is 0.466. The summed E-state index contributed by atoms with van der Waals surface area (Å²) in [6.45, 7) is 4.83. The summed E-state index contributed by atoms with van der Waals surface area (Å²) in [4.78, 5) is 4.81. The molecule has 2 aromatic rings. The first-order valence-corrected chi connectivity index (χ1v) is 9.13. The lowest BCUT2D eigenvalue weighted by Crippen LogP contribution is -2.46. The van der Waals surface area contributed by atoms with E-state index in [9.17, 15) is 5.11 Å². The monoisotopic (exact) mass is 342 g/mol. The second-order valence-corrected chi connectivity index (χ2v) is 7.28. The van der Waals surface area contributed by atoms with E-state index in [1.165, 1.54) is 23.2 Å². The average molecular weight is 343 g/mol. The number of nitrogens with zero attached hydrogens (tertiary/aromatic N) is 2. The lowest BCUT2D eigenvalue weighted by atomic mass is 10.0. The molecule has 4 heteroatoms. The van der Waals surface area contributed by atoms with Gasteiger partial charge in [-0.15, -0.1) is 0 Å². The van der Waals surface area contributed by atoms with Crippen molar-refractivity contribution in [1.82, 2.24) is 4.90 Å². The summed E-state index contributed by atoms with van der Waals surface area (Å²) in [5, 5.41) is 11.1. The van der Waals surface area contributed by atoms with E-state index in [2.05, 4.69) is 21.9 Å². The lowest BCUT2D eigenvalue weighted by Gasteiger charge is -2.36. The molecule has 0 radical (unpaired) electrons. The Labute approximate surface area is 148 Å². The van der Waals surface area contributed by atoms with Gasteiger partial charge in [0.25, 0.3) is 0 Å². The molecule has 1 saturated heterocycles. The normalized spacial score (nSPS) is 18.0. The molecule has 2 aromatic carbocycles. The lowest BCUT2D eigenvalue weighted by molar-refractivity contribution is 0.246. The fourth-order valence-electron chi connectivity index (χ4n) is 3.87. The highest BCUT2D eigenvalue weighted by Crippen LogP contribution is 2.30. The Morgan fingerprint density at radius 2 is 1.71 bits per heavy atom. The molecule has 4 rings (SSSR count). The van der Waals surface area contributed by atoms with Crippen LogP contribution in [-0.4, -0.2) is 36.2 Å². The zero-order valence-electron chi connectivity index (χ0n) is 13.8. The zero-order chi connectivity index (χ0) is 16.5. The van der Waals surface area contributed by atoms with Crippen LogP contribution in [0.2, 0.25) is 5.02 Å². The molecular formula is C20H23ClN2O. The van der Waals surface area contributed by atoms with Crippen LogP contribution < -0.4 is 4.90 Å². The number of piperazine rings is 1. The smallest absolute Gasteiger partial charge is 0.120 e. The maximum atomic E-state index is 10.3. The van der Waals surface area contributed by atoms with Crippen molar-refractivity contribution in [1.29, 1.82) is 0 Å². The minimum Gasteiger partial charge on any atom is -0.508 e. The van der Waals surface area contributed by atoms with E-state index in [0.29, 0.717) is 5.75 Å². The van der Waals surface area contributed by atoms with Crippen molar-refractivity contribution in [2.24, 2.45) is 0 Å². The first kappa shape index (κ1) is 15.8. The van der Waals surface area contributed by atoms with E-state index in [1.807, 2.05) is 24.3 Å². The van der Waals surface area contributed by atoms with Crippen molar-refractivity contribution >= 4 is 17.3 Å². The predicted molar refractivity (Wildman–Crippen MR) is 99.1 cm³/mol. The third-order valence-electron chi connectivity index (χ3n) is 5.23. The SMILES string of the molecule is Oc1cc2c(cc1CN1CCN(c3cccc(Cl)c3)CC1)CCC2. The van der Waals surface area contributed by atoms with Crippen LogP contribution in [0, 0.1) is 0 Å². The molecule has 0 saturated carbocycles. The summed E-state index contributed by atoms with van der Waals surface area (Å²) in [6, 6.07) is 12.3. The van der Waals surface area contributed by atoms with Gasteiger partial charge in [-0.05, 0) is 54.7 Å². The van der Waals surface area contributed by atoms with Crippen LogP contribution in [-0.2, 0) is 19.4 Å². The van der Waals surface area contributed by atoms with Gasteiger partial charge in [-0.3, -0.25) is 4.90 Å². The van der Waals surface area contributed by atoms with E-state index >= 15 is 0 Å². The number of phenols is 1. The van der Waals surface area contributed by atoms with Gasteiger partial charge in [0.15, 0.2) is 0 Å². The van der Waals surface area contributed by atoms with Crippen molar-refractivity contribution in [3.05, 3.63) is 58.1 Å². The molecule has 1 heterocycles. The zero-order valence-corrected chi connectivity index (χ0v) is 14.6. The minimum absolute atomic E-state index is 0.466. The summed E-state index contributed by atoms with van der Waals surface area (Å²) in [7, 11) is 0. The van der Waals surface area contributed by atoms with Crippen LogP contribution in [0.25, 0.3) is 0 Å². The molecule has 1 fully saturated rings. The van der Waals surface area contributed by atoms with Gasteiger partial charge in [-0.2, -0.15) is 0 Å². The summed E-state index contributed by atoms with van der Waals surface area (Å²) in [6.07, 6.45) is 3.49. The first-order valence-electron chi connectivity index (χ1n) is 8.75. The highest BCUT2D eigenvalue weighted by Gasteiger charge is 2.20. The molecule has 0 atom stereocenters. The van der Waals surface area contributed by atoms with Gasteiger partial charge in [0.1, 0.15) is 5.75 Å². The molecule has 0 bridgehead atoms. The average Bonchev–Trinajstić information content (AvgIpc) is 3.03. The second-order valence-electron chi connectivity index (χ2n) is 6.85. The second kappa shape index (κ2) is 6.66. The van der Waals surface area contributed by atoms with Gasteiger partial charge in [0, 0.05) is 49.0 Å². The number of phenolic OH excluding ortho intramolecular Hbond substituents is 1. The van der Waals surface area contributed by atoms with Crippen molar-refractivity contribution < 1.29 is 5.11 Å². The Morgan fingerprint density at radius 3 is 2.46 bits per heavy atom. The van der Waals surface area contributed by atoms with Crippen LogP contribution in [0.1, 0.15) is 23.1 Å². The molecule has 0 spiro atoms. The van der Waals surface area contributed by atoms with Crippen LogP contribution >= 0.6 is 11.6 Å². The van der Waals surface area contributed by atoms with E-state index in [-0.39, 0.29) is 0 Å². The number of aromatic hydroxyl groups is 1. The molecule has 3 nitrogen and oxygen atoms in total. The highest BCUT2D eigenvalue weighted by molar-refractivity contribution is 6.30. The molecule has 1 aliphatic carbocycles. The predicted octanol–water partition coefficient (Wildman–Crippen LogP) is 3.86. The molecule has 126 valence electrons. The molecular weight excluding hydrogens is 320 g/mol. The van der Waals surface area contributed by atoms with Crippen molar-refractivity contribution in [3.8, 4) is 5.75 Å². The Kier molecular flexibility index (Phi) is 4.38. The molecule has 1 N–H and O–H groups in total. The van der Waals surface area contributed by atoms with Crippen LogP contribution in [0.15, 0.2) is 36.4 Å². The Hall–Kier alpha value is -1.71. The number of hydrogen-bond donors (Lipinski definition) is 1. The third-order valence-corrected chi connectivity index (χ3v) is 5.47. The van der Waals surface area contributed by atoms with Gasteiger partial charge >= 0.3 is 0 Å². The molecule has 24 heavy (non-hydrogen) atoms. The van der Waals surface area contributed by atoms with Crippen molar-refractivity contribution in [3.63, 3.8) is 0 Å². The Balaban J connectivity index is 1.40. The first-order chi connectivity index (χ1) is 11.7. The van der Waals surface area contributed by atoms with E-state index in [1.54, 1.807) is 0 Å². The van der Waals surface area contributed by atoms with Crippen LogP contribution in [0.5, 0.6) is 5.75 Å². The minimum atomic E-state index is 0.466. The summed E-state index contributed by atoms with van der Waals surface area (Å²) >= 11 is 6.10. The molecule has 0 unspecified atom stereocenters. The number of benzene rings is 2. The molecule has 0 amide bonds. The van der Waals surface area contributed by atoms with Crippen LogP contribution in [0.3, 0.4) is 0 Å². The van der Waals surface area contributed by atoms with Gasteiger partial charge in [0.2, 0.25) is 0 Å². The van der Waals surface area contributed by atoms with E-state index < -0.39 is 0 Å². The maximum absolute atomic E-state index is 10.3. The summed E-state index contributed by atoms with van der Waals surface area (Å²) < 4.78 is 0. The fraction of sp³-hybridized carbons (Fsp3) is 0.400. The quantitative estimate of drug-likeness (QED) is 0.917. The highest BCUT2D eigenvalue weighted by atomic mass is 35.5. The molecule has 2 aliphatic rings. The van der Waals surface area contributed by atoms with Gasteiger partial charge < -0.3 is 10.0 Å². The fourth-order valence-corrected chi connectivity index (χ4v) is 4.05. The number of fused-ring (bicyclic) bond motifs is 1. The number of rotatable bonds is 3. The van der Waals surface area contributed by atoms with Crippen molar-refractivity contribution in [2.75, 3.05) is 31.1 Å². The maximum Gasteiger partial charge on any atom is 0.120 e. The number of anilines is 1.